The Morgan fingerprint density at radius 2 is 1.86 bits per heavy atom. The third kappa shape index (κ3) is 4.53. The average molecular weight is 498 g/mol. The highest BCUT2D eigenvalue weighted by Crippen LogP contribution is 2.41. The summed E-state index contributed by atoms with van der Waals surface area (Å²) in [6.07, 6.45) is 4.01. The molecule has 1 aromatic heterocycles. The molecule has 7 nitrogen and oxygen atoms in total. The SMILES string of the molecule is COc1ccc2cc3[n+](cc2c1OCCCC(=O)Nc1ccc(C)cc1)CCc1cc2c(cc1-3)OCO2. The molecule has 0 saturated heterocycles. The normalized spacial score (nSPS) is 13.1. The lowest BCUT2D eigenvalue weighted by Crippen LogP contribution is -2.40. The minimum atomic E-state index is -0.0264. The number of pyridine rings is 1. The number of anilines is 1. The molecule has 0 radical (unpaired) electrons. The van der Waals surface area contributed by atoms with Gasteiger partial charge >= 0.3 is 0 Å². The van der Waals surface area contributed by atoms with Crippen LogP contribution < -0.4 is 28.8 Å². The second-order valence-corrected chi connectivity index (χ2v) is 9.43. The fourth-order valence-corrected chi connectivity index (χ4v) is 4.97. The van der Waals surface area contributed by atoms with Gasteiger partial charge in [0.15, 0.2) is 35.7 Å². The molecule has 3 aromatic carbocycles. The highest BCUT2D eigenvalue weighted by atomic mass is 16.7. The number of aromatic nitrogens is 1. The standard InChI is InChI=1S/C30H28N2O5/c1-19-5-8-22(9-6-19)31-29(33)4-3-13-35-30-24-17-32-12-11-21-15-27-28(37-18-36-27)16-23(21)25(32)14-20(24)7-10-26(30)34-2/h5-10,14-17H,3-4,11-13,18H2,1-2H3/p+1. The van der Waals surface area contributed by atoms with E-state index in [2.05, 4.69) is 40.3 Å². The molecule has 1 amide bonds. The predicted molar refractivity (Wildman–Crippen MR) is 140 cm³/mol. The van der Waals surface area contributed by atoms with Crippen LogP contribution in [0.25, 0.3) is 22.0 Å². The molecule has 2 aliphatic heterocycles. The molecule has 37 heavy (non-hydrogen) atoms. The van der Waals surface area contributed by atoms with E-state index in [1.807, 2.05) is 37.3 Å². The number of amides is 1. The van der Waals surface area contributed by atoms with Crippen LogP contribution in [0, 0.1) is 6.92 Å². The molecule has 0 spiro atoms. The van der Waals surface area contributed by atoms with Gasteiger partial charge in [0.25, 0.3) is 0 Å². The Kier molecular flexibility index (Phi) is 6.04. The molecule has 2 aliphatic rings. The Morgan fingerprint density at radius 3 is 2.68 bits per heavy atom. The zero-order valence-electron chi connectivity index (χ0n) is 21.0. The average Bonchev–Trinajstić information content (AvgIpc) is 3.37. The van der Waals surface area contributed by atoms with Gasteiger partial charge in [-0.05, 0) is 60.7 Å². The van der Waals surface area contributed by atoms with Gasteiger partial charge in [-0.15, -0.1) is 0 Å². The van der Waals surface area contributed by atoms with Crippen molar-refractivity contribution in [1.29, 1.82) is 0 Å². The van der Waals surface area contributed by atoms with E-state index in [1.165, 1.54) is 5.56 Å². The number of hydrogen-bond acceptors (Lipinski definition) is 5. The Balaban J connectivity index is 1.21. The van der Waals surface area contributed by atoms with Crippen LogP contribution in [0.5, 0.6) is 23.0 Å². The van der Waals surface area contributed by atoms with Gasteiger partial charge in [0, 0.05) is 24.6 Å². The summed E-state index contributed by atoms with van der Waals surface area (Å²) < 4.78 is 25.3. The summed E-state index contributed by atoms with van der Waals surface area (Å²) in [5.74, 6) is 2.96. The molecule has 3 heterocycles. The number of fused-ring (bicyclic) bond motifs is 5. The lowest BCUT2D eigenvalue weighted by molar-refractivity contribution is -0.686. The van der Waals surface area contributed by atoms with Crippen molar-refractivity contribution in [2.75, 3.05) is 25.8 Å². The van der Waals surface area contributed by atoms with E-state index in [0.717, 1.165) is 57.7 Å². The molecule has 0 unspecified atom stereocenters. The number of carbonyl (C=O) groups excluding carboxylic acids is 1. The summed E-state index contributed by atoms with van der Waals surface area (Å²) in [6.45, 7) is 3.55. The van der Waals surface area contributed by atoms with Crippen LogP contribution in [-0.2, 0) is 17.8 Å². The van der Waals surface area contributed by atoms with E-state index >= 15 is 0 Å². The Morgan fingerprint density at radius 1 is 1.05 bits per heavy atom. The van der Waals surface area contributed by atoms with E-state index in [9.17, 15) is 4.79 Å². The van der Waals surface area contributed by atoms with Crippen LogP contribution in [-0.4, -0.2) is 26.4 Å². The molecule has 1 N–H and O–H groups in total. The van der Waals surface area contributed by atoms with Gasteiger partial charge < -0.3 is 24.3 Å². The van der Waals surface area contributed by atoms with Crippen LogP contribution in [0.2, 0.25) is 0 Å². The van der Waals surface area contributed by atoms with Crippen molar-refractivity contribution in [2.45, 2.75) is 32.7 Å². The number of nitrogens with zero attached hydrogens (tertiary/aromatic N) is 1. The number of ether oxygens (including phenoxy) is 4. The molecule has 7 heteroatoms. The molecular weight excluding hydrogens is 468 g/mol. The minimum absolute atomic E-state index is 0.0264. The van der Waals surface area contributed by atoms with E-state index in [4.69, 9.17) is 18.9 Å². The fraction of sp³-hybridized carbons (Fsp3) is 0.267. The molecule has 0 bridgehead atoms. The van der Waals surface area contributed by atoms with Crippen LogP contribution in [0.3, 0.4) is 0 Å². The summed E-state index contributed by atoms with van der Waals surface area (Å²) in [6, 6.07) is 18.1. The number of nitrogens with one attached hydrogen (secondary N) is 1. The lowest BCUT2D eigenvalue weighted by Gasteiger charge is -2.18. The number of benzene rings is 3. The highest BCUT2D eigenvalue weighted by molar-refractivity contribution is 5.92. The predicted octanol–water partition coefficient (Wildman–Crippen LogP) is 5.19. The van der Waals surface area contributed by atoms with Crippen molar-refractivity contribution in [2.24, 2.45) is 0 Å². The Bertz CT molecular complexity index is 1500. The first-order valence-electron chi connectivity index (χ1n) is 12.6. The van der Waals surface area contributed by atoms with Crippen LogP contribution in [0.1, 0.15) is 24.0 Å². The van der Waals surface area contributed by atoms with Gasteiger partial charge in [-0.25, -0.2) is 0 Å². The zero-order chi connectivity index (χ0) is 25.4. The van der Waals surface area contributed by atoms with Gasteiger partial charge in [0.2, 0.25) is 18.4 Å². The molecule has 0 aliphatic carbocycles. The van der Waals surface area contributed by atoms with E-state index in [-0.39, 0.29) is 12.7 Å². The second-order valence-electron chi connectivity index (χ2n) is 9.43. The molecule has 188 valence electrons. The van der Waals surface area contributed by atoms with Gasteiger partial charge in [0.1, 0.15) is 0 Å². The molecule has 4 aromatic rings. The van der Waals surface area contributed by atoms with Gasteiger partial charge in [-0.3, -0.25) is 4.79 Å². The Hall–Kier alpha value is -4.26. The molecule has 0 atom stereocenters. The summed E-state index contributed by atoms with van der Waals surface area (Å²) >= 11 is 0. The van der Waals surface area contributed by atoms with E-state index in [0.29, 0.717) is 30.9 Å². The zero-order valence-corrected chi connectivity index (χ0v) is 21.0. The van der Waals surface area contributed by atoms with Crippen molar-refractivity contribution < 1.29 is 28.3 Å². The van der Waals surface area contributed by atoms with Crippen LogP contribution >= 0.6 is 0 Å². The number of hydrogen-bond donors (Lipinski definition) is 1. The van der Waals surface area contributed by atoms with Gasteiger partial charge in [0.05, 0.1) is 24.7 Å². The van der Waals surface area contributed by atoms with Crippen molar-refractivity contribution in [3.8, 4) is 34.3 Å². The topological polar surface area (TPSA) is 69.9 Å². The fourth-order valence-electron chi connectivity index (χ4n) is 4.97. The van der Waals surface area contributed by atoms with Crippen molar-refractivity contribution in [3.05, 3.63) is 71.9 Å². The van der Waals surface area contributed by atoms with Crippen LogP contribution in [0.4, 0.5) is 5.69 Å². The number of rotatable bonds is 7. The highest BCUT2D eigenvalue weighted by Gasteiger charge is 2.28. The first kappa shape index (κ1) is 23.2. The van der Waals surface area contributed by atoms with Crippen molar-refractivity contribution in [1.82, 2.24) is 0 Å². The quantitative estimate of drug-likeness (QED) is 0.281. The smallest absolute Gasteiger partial charge is 0.231 e. The molecular formula is C30H29N2O5+. The van der Waals surface area contributed by atoms with Crippen molar-refractivity contribution >= 4 is 22.4 Å². The maximum atomic E-state index is 12.4. The summed E-state index contributed by atoms with van der Waals surface area (Å²) in [4.78, 5) is 12.4. The monoisotopic (exact) mass is 497 g/mol. The number of carbonyl (C=O) groups is 1. The summed E-state index contributed by atoms with van der Waals surface area (Å²) in [5.41, 5.74) is 5.52. The molecule has 0 saturated carbocycles. The maximum Gasteiger partial charge on any atom is 0.231 e. The first-order chi connectivity index (χ1) is 18.1. The maximum absolute atomic E-state index is 12.4. The van der Waals surface area contributed by atoms with Crippen molar-refractivity contribution in [3.63, 3.8) is 0 Å². The lowest BCUT2D eigenvalue weighted by atomic mass is 9.95. The van der Waals surface area contributed by atoms with Gasteiger partial charge in [-0.2, -0.15) is 4.57 Å². The minimum Gasteiger partial charge on any atom is -0.493 e. The summed E-state index contributed by atoms with van der Waals surface area (Å²) in [7, 11) is 1.65. The first-order valence-corrected chi connectivity index (χ1v) is 12.6. The number of methoxy groups -OCH3 is 1. The van der Waals surface area contributed by atoms with E-state index < -0.39 is 0 Å². The summed E-state index contributed by atoms with van der Waals surface area (Å²) in [5, 5.41) is 4.98. The molecule has 6 rings (SSSR count). The van der Waals surface area contributed by atoms with E-state index in [1.54, 1.807) is 7.11 Å². The van der Waals surface area contributed by atoms with Gasteiger partial charge in [-0.1, -0.05) is 17.7 Å². The third-order valence-corrected chi connectivity index (χ3v) is 6.93. The number of aryl methyl sites for hydroxylation is 3. The Labute approximate surface area is 215 Å². The third-order valence-electron chi connectivity index (χ3n) is 6.93. The second kappa shape index (κ2) is 9.65. The molecule has 0 fully saturated rings. The van der Waals surface area contributed by atoms with Crippen LogP contribution in [0.15, 0.2) is 60.8 Å². The largest absolute Gasteiger partial charge is 0.493 e.